The average Bonchev–Trinajstić information content (AvgIpc) is 2.87. The molecular weight excluding hydrogens is 330 g/mol. The van der Waals surface area contributed by atoms with Crippen LogP contribution in [0.15, 0.2) is 24.3 Å². The fourth-order valence-electron chi connectivity index (χ4n) is 3.07. The molecule has 2 amide bonds. The largest absolute Gasteiger partial charge is 0.366 e. The van der Waals surface area contributed by atoms with Crippen molar-refractivity contribution in [2.24, 2.45) is 0 Å². The molecule has 0 aliphatic carbocycles. The molecule has 1 aromatic rings. The lowest BCUT2D eigenvalue weighted by Crippen LogP contribution is -2.50. The average molecular weight is 352 g/mol. The zero-order valence-electron chi connectivity index (χ0n) is 13.5. The molecule has 2 heterocycles. The number of ether oxygens (including phenoxy) is 1. The lowest BCUT2D eigenvalue weighted by Gasteiger charge is -2.29. The molecular formula is C17H22ClN3O3. The zero-order valence-corrected chi connectivity index (χ0v) is 14.3. The van der Waals surface area contributed by atoms with E-state index in [4.69, 9.17) is 16.3 Å². The number of hydrogen-bond donors (Lipinski definition) is 1. The molecule has 2 aliphatic rings. The first-order chi connectivity index (χ1) is 11.6. The van der Waals surface area contributed by atoms with Gasteiger partial charge in [-0.1, -0.05) is 17.7 Å². The second-order valence-corrected chi connectivity index (χ2v) is 6.48. The van der Waals surface area contributed by atoms with Crippen LogP contribution in [-0.2, 0) is 9.53 Å². The van der Waals surface area contributed by atoms with Crippen LogP contribution in [0.5, 0.6) is 0 Å². The number of morpholine rings is 1. The van der Waals surface area contributed by atoms with Crippen molar-refractivity contribution < 1.29 is 14.3 Å². The number of halogens is 1. The predicted octanol–water partition coefficient (Wildman–Crippen LogP) is 1.00. The summed E-state index contributed by atoms with van der Waals surface area (Å²) in [5.74, 6) is -0.0263. The summed E-state index contributed by atoms with van der Waals surface area (Å²) >= 11 is 5.97. The van der Waals surface area contributed by atoms with Crippen LogP contribution in [0.4, 0.5) is 0 Å². The van der Waals surface area contributed by atoms with Gasteiger partial charge in [-0.25, -0.2) is 0 Å². The Kier molecular flexibility index (Phi) is 5.71. The molecule has 1 N–H and O–H groups in total. The third-order valence-corrected chi connectivity index (χ3v) is 4.60. The van der Waals surface area contributed by atoms with Crippen LogP contribution < -0.4 is 5.32 Å². The van der Waals surface area contributed by atoms with Gasteiger partial charge in [-0.3, -0.25) is 9.59 Å². The summed E-state index contributed by atoms with van der Waals surface area (Å²) in [6.07, 6.45) is 0.354. The maximum absolute atomic E-state index is 12.6. The first kappa shape index (κ1) is 17.2. The van der Waals surface area contributed by atoms with E-state index < -0.39 is 6.10 Å². The number of nitrogens with one attached hydrogen (secondary N) is 1. The summed E-state index contributed by atoms with van der Waals surface area (Å²) in [6, 6.07) is 6.97. The predicted molar refractivity (Wildman–Crippen MR) is 91.2 cm³/mol. The number of amides is 2. The highest BCUT2D eigenvalue weighted by molar-refractivity contribution is 6.30. The Balaban J connectivity index is 1.60. The van der Waals surface area contributed by atoms with Crippen LogP contribution in [0.3, 0.4) is 0 Å². The third-order valence-electron chi connectivity index (χ3n) is 4.37. The van der Waals surface area contributed by atoms with Crippen molar-refractivity contribution >= 4 is 23.4 Å². The molecule has 1 atom stereocenters. The van der Waals surface area contributed by atoms with Gasteiger partial charge >= 0.3 is 0 Å². The van der Waals surface area contributed by atoms with E-state index in [1.807, 2.05) is 4.90 Å². The van der Waals surface area contributed by atoms with Crippen molar-refractivity contribution in [1.82, 2.24) is 15.1 Å². The van der Waals surface area contributed by atoms with E-state index in [0.29, 0.717) is 49.9 Å². The first-order valence-corrected chi connectivity index (χ1v) is 8.69. The molecule has 24 heavy (non-hydrogen) atoms. The number of nitrogens with zero attached hydrogens (tertiary/aromatic N) is 2. The Morgan fingerprint density at radius 3 is 2.71 bits per heavy atom. The van der Waals surface area contributed by atoms with Crippen LogP contribution in [0.2, 0.25) is 5.02 Å². The highest BCUT2D eigenvalue weighted by Crippen LogP contribution is 2.15. The van der Waals surface area contributed by atoms with Crippen molar-refractivity contribution in [2.45, 2.75) is 12.5 Å². The van der Waals surface area contributed by atoms with Crippen LogP contribution in [0.1, 0.15) is 16.8 Å². The van der Waals surface area contributed by atoms with E-state index in [2.05, 4.69) is 5.32 Å². The normalized spacial score (nSPS) is 22.1. The minimum atomic E-state index is -0.408. The molecule has 0 radical (unpaired) electrons. The number of carbonyl (C=O) groups is 2. The van der Waals surface area contributed by atoms with Gasteiger partial charge < -0.3 is 19.9 Å². The van der Waals surface area contributed by atoms with Crippen LogP contribution in [0, 0.1) is 0 Å². The summed E-state index contributed by atoms with van der Waals surface area (Å²) in [4.78, 5) is 28.7. The Morgan fingerprint density at radius 1 is 1.17 bits per heavy atom. The van der Waals surface area contributed by atoms with Gasteiger partial charge in [-0.05, 0) is 24.6 Å². The Hall–Kier alpha value is -1.63. The highest BCUT2D eigenvalue weighted by Gasteiger charge is 2.29. The van der Waals surface area contributed by atoms with Gasteiger partial charge in [0.25, 0.3) is 11.8 Å². The van der Waals surface area contributed by atoms with Crippen molar-refractivity contribution in [3.63, 3.8) is 0 Å². The molecule has 130 valence electrons. The second-order valence-electron chi connectivity index (χ2n) is 6.04. The fourth-order valence-corrected chi connectivity index (χ4v) is 3.26. The smallest absolute Gasteiger partial charge is 0.253 e. The molecule has 2 fully saturated rings. The van der Waals surface area contributed by atoms with Crippen molar-refractivity contribution in [2.75, 3.05) is 45.9 Å². The van der Waals surface area contributed by atoms with Gasteiger partial charge in [0.1, 0.15) is 6.10 Å². The van der Waals surface area contributed by atoms with Gasteiger partial charge in [0.2, 0.25) is 0 Å². The lowest BCUT2D eigenvalue weighted by atomic mass is 10.2. The van der Waals surface area contributed by atoms with E-state index in [1.165, 1.54) is 0 Å². The highest BCUT2D eigenvalue weighted by atomic mass is 35.5. The summed E-state index contributed by atoms with van der Waals surface area (Å²) < 4.78 is 5.54. The molecule has 0 saturated carbocycles. The molecule has 7 heteroatoms. The molecule has 2 aliphatic heterocycles. The summed E-state index contributed by atoms with van der Waals surface area (Å²) in [6.45, 7) is 4.25. The Labute approximate surface area is 146 Å². The molecule has 1 unspecified atom stereocenters. The number of hydrogen-bond acceptors (Lipinski definition) is 4. The lowest BCUT2D eigenvalue weighted by molar-refractivity contribution is -0.145. The van der Waals surface area contributed by atoms with E-state index in [-0.39, 0.29) is 11.8 Å². The van der Waals surface area contributed by atoms with Gasteiger partial charge in [-0.15, -0.1) is 0 Å². The monoisotopic (exact) mass is 351 g/mol. The SMILES string of the molecule is O=C(c1cccc(Cl)c1)N1CCCN(C(=O)C2CNCCO2)CC1. The van der Waals surface area contributed by atoms with Crippen molar-refractivity contribution in [3.8, 4) is 0 Å². The van der Waals surface area contributed by atoms with Gasteiger partial charge in [0, 0.05) is 49.9 Å². The molecule has 0 aromatic heterocycles. The fraction of sp³-hybridized carbons (Fsp3) is 0.529. The minimum absolute atomic E-state index is 0.0132. The maximum Gasteiger partial charge on any atom is 0.253 e. The summed E-state index contributed by atoms with van der Waals surface area (Å²) in [5.41, 5.74) is 0.585. The number of benzene rings is 1. The minimum Gasteiger partial charge on any atom is -0.366 e. The van der Waals surface area contributed by atoms with E-state index in [0.717, 1.165) is 13.0 Å². The topological polar surface area (TPSA) is 61.9 Å². The zero-order chi connectivity index (χ0) is 16.9. The molecule has 0 bridgehead atoms. The summed E-state index contributed by atoms with van der Waals surface area (Å²) in [5, 5.41) is 3.73. The number of rotatable bonds is 2. The van der Waals surface area contributed by atoms with E-state index in [1.54, 1.807) is 29.2 Å². The second kappa shape index (κ2) is 7.96. The van der Waals surface area contributed by atoms with E-state index >= 15 is 0 Å². The maximum atomic E-state index is 12.6. The summed E-state index contributed by atoms with van der Waals surface area (Å²) in [7, 11) is 0. The van der Waals surface area contributed by atoms with E-state index in [9.17, 15) is 9.59 Å². The van der Waals surface area contributed by atoms with Gasteiger partial charge in [-0.2, -0.15) is 0 Å². The quantitative estimate of drug-likeness (QED) is 0.863. The van der Waals surface area contributed by atoms with Gasteiger partial charge in [0.15, 0.2) is 0 Å². The molecule has 1 aromatic carbocycles. The van der Waals surface area contributed by atoms with Crippen LogP contribution in [0.25, 0.3) is 0 Å². The molecule has 3 rings (SSSR count). The van der Waals surface area contributed by atoms with Crippen molar-refractivity contribution in [1.29, 1.82) is 0 Å². The van der Waals surface area contributed by atoms with Crippen LogP contribution >= 0.6 is 11.6 Å². The van der Waals surface area contributed by atoms with Gasteiger partial charge in [0.05, 0.1) is 6.61 Å². The first-order valence-electron chi connectivity index (χ1n) is 8.31. The standard InChI is InChI=1S/C17H22ClN3O3/c18-14-4-1-3-13(11-14)16(22)20-6-2-7-21(9-8-20)17(23)15-12-19-5-10-24-15/h1,3-4,11,15,19H,2,5-10,12H2. The third kappa shape index (κ3) is 4.06. The Bertz CT molecular complexity index is 604. The molecule has 0 spiro atoms. The van der Waals surface area contributed by atoms with Crippen molar-refractivity contribution in [3.05, 3.63) is 34.9 Å². The van der Waals surface area contributed by atoms with Crippen LogP contribution in [-0.4, -0.2) is 73.6 Å². The molecule has 2 saturated heterocycles. The Morgan fingerprint density at radius 2 is 1.96 bits per heavy atom. The molecule has 6 nitrogen and oxygen atoms in total. The number of carbonyl (C=O) groups excluding carboxylic acids is 2.